The molecule has 0 spiro atoms. The summed E-state index contributed by atoms with van der Waals surface area (Å²) in [5.74, 6) is 0.365. The van der Waals surface area contributed by atoms with Crippen molar-refractivity contribution in [2.24, 2.45) is 7.05 Å². The fourth-order valence-electron chi connectivity index (χ4n) is 3.65. The summed E-state index contributed by atoms with van der Waals surface area (Å²) in [5, 5.41) is 3.88. The van der Waals surface area contributed by atoms with Crippen molar-refractivity contribution in [2.75, 3.05) is 12.4 Å². The number of benzene rings is 2. The molecule has 0 saturated carbocycles. The van der Waals surface area contributed by atoms with Crippen LogP contribution in [0.5, 0.6) is 5.75 Å². The number of para-hydroxylation sites is 1. The van der Waals surface area contributed by atoms with Crippen molar-refractivity contribution in [3.8, 4) is 5.75 Å². The number of methoxy groups -OCH3 is 1. The molecule has 6 nitrogen and oxygen atoms in total. The Hall–Kier alpha value is -2.77. The van der Waals surface area contributed by atoms with Gasteiger partial charge in [-0.25, -0.2) is 0 Å². The number of hydrogen-bond acceptors (Lipinski definition) is 4. The van der Waals surface area contributed by atoms with Crippen LogP contribution in [-0.4, -0.2) is 35.9 Å². The zero-order valence-corrected chi connectivity index (χ0v) is 18.3. The Morgan fingerprint density at radius 2 is 1.73 bits per heavy atom. The lowest BCUT2D eigenvalue weighted by Crippen LogP contribution is -2.41. The fourth-order valence-corrected chi connectivity index (χ4v) is 3.65. The van der Waals surface area contributed by atoms with Gasteiger partial charge in [0.05, 0.1) is 29.6 Å². The molecular weight excluding hydrogens is 379 g/mol. The first-order valence-corrected chi connectivity index (χ1v) is 10.0. The minimum absolute atomic E-state index is 0.187. The molecule has 1 amide bonds. The van der Waals surface area contributed by atoms with Crippen LogP contribution in [0.15, 0.2) is 48.7 Å². The van der Waals surface area contributed by atoms with Gasteiger partial charge in [-0.15, -0.1) is 0 Å². The highest BCUT2D eigenvalue weighted by Crippen LogP contribution is 2.37. The van der Waals surface area contributed by atoms with Crippen molar-refractivity contribution in [3.05, 3.63) is 54.2 Å². The van der Waals surface area contributed by atoms with Crippen molar-refractivity contribution < 1.29 is 18.8 Å². The van der Waals surface area contributed by atoms with Crippen LogP contribution in [0.2, 0.25) is 0 Å². The summed E-state index contributed by atoms with van der Waals surface area (Å²) in [6.45, 7) is 8.07. The Kier molecular flexibility index (Phi) is 4.91. The van der Waals surface area contributed by atoms with Gasteiger partial charge >= 0.3 is 7.12 Å². The number of hydrogen-bond donors (Lipinski definition) is 1. The zero-order chi connectivity index (χ0) is 21.7. The van der Waals surface area contributed by atoms with Crippen molar-refractivity contribution in [2.45, 2.75) is 38.9 Å². The number of fused-ring (bicyclic) bond motifs is 1. The maximum absolute atomic E-state index is 13.0. The summed E-state index contributed by atoms with van der Waals surface area (Å²) >= 11 is 0. The van der Waals surface area contributed by atoms with Gasteiger partial charge < -0.3 is 23.9 Å². The molecule has 3 aromatic rings. The Morgan fingerprint density at radius 3 is 2.40 bits per heavy atom. The number of ether oxygens (including phenoxy) is 1. The lowest BCUT2D eigenvalue weighted by Gasteiger charge is -2.32. The molecule has 2 heterocycles. The van der Waals surface area contributed by atoms with Crippen molar-refractivity contribution in [1.82, 2.24) is 4.57 Å². The normalized spacial score (nSPS) is 17.3. The first-order chi connectivity index (χ1) is 14.1. The van der Waals surface area contributed by atoms with E-state index in [4.69, 9.17) is 14.0 Å². The Balaban J connectivity index is 1.60. The quantitative estimate of drug-likeness (QED) is 0.671. The molecule has 0 bridgehead atoms. The molecule has 2 aromatic carbocycles. The lowest BCUT2D eigenvalue weighted by atomic mass is 9.79. The fraction of sp³-hybridized carbons (Fsp3) is 0.348. The van der Waals surface area contributed by atoms with Crippen LogP contribution < -0.4 is 15.5 Å². The van der Waals surface area contributed by atoms with Crippen LogP contribution in [0.25, 0.3) is 10.9 Å². The van der Waals surface area contributed by atoms with Crippen LogP contribution in [-0.2, 0) is 16.4 Å². The second-order valence-corrected chi connectivity index (χ2v) is 8.67. The third-order valence-corrected chi connectivity index (χ3v) is 6.14. The second-order valence-electron chi connectivity index (χ2n) is 8.67. The van der Waals surface area contributed by atoms with E-state index in [1.54, 1.807) is 7.11 Å². The third-order valence-electron chi connectivity index (χ3n) is 6.14. The van der Waals surface area contributed by atoms with Gasteiger partial charge in [0.25, 0.3) is 5.91 Å². The highest BCUT2D eigenvalue weighted by Gasteiger charge is 2.51. The molecule has 1 aliphatic heterocycles. The molecule has 1 fully saturated rings. The molecule has 0 aliphatic carbocycles. The number of anilines is 1. The SMILES string of the molecule is COc1cc(B2OC(C)(C)C(C)(C)O2)ccc1NC(=O)c1cn(C)c2ccccc12. The van der Waals surface area contributed by atoms with Gasteiger partial charge in [0.15, 0.2) is 0 Å². The van der Waals surface area contributed by atoms with Crippen molar-refractivity contribution >= 4 is 35.1 Å². The van der Waals surface area contributed by atoms with Crippen LogP contribution in [0, 0.1) is 0 Å². The number of nitrogens with zero attached hydrogens (tertiary/aromatic N) is 1. The van der Waals surface area contributed by atoms with Crippen molar-refractivity contribution in [1.29, 1.82) is 0 Å². The van der Waals surface area contributed by atoms with Gasteiger partial charge in [-0.05, 0) is 51.4 Å². The van der Waals surface area contributed by atoms with E-state index in [0.29, 0.717) is 17.0 Å². The average molecular weight is 406 g/mol. The van der Waals surface area contributed by atoms with Crippen molar-refractivity contribution in [3.63, 3.8) is 0 Å². The molecule has 1 saturated heterocycles. The minimum atomic E-state index is -0.494. The van der Waals surface area contributed by atoms with E-state index in [1.807, 2.05) is 88.0 Å². The van der Waals surface area contributed by atoms with E-state index in [-0.39, 0.29) is 5.91 Å². The summed E-state index contributed by atoms with van der Waals surface area (Å²) in [5.41, 5.74) is 2.21. The van der Waals surface area contributed by atoms with Gasteiger partial charge in [-0.1, -0.05) is 24.3 Å². The molecule has 0 atom stereocenters. The number of carbonyl (C=O) groups is 1. The minimum Gasteiger partial charge on any atom is -0.495 e. The van der Waals surface area contributed by atoms with Gasteiger partial charge in [-0.2, -0.15) is 0 Å². The van der Waals surface area contributed by atoms with E-state index in [0.717, 1.165) is 16.4 Å². The van der Waals surface area contributed by atoms with E-state index >= 15 is 0 Å². The predicted octanol–water partition coefficient (Wildman–Crippen LogP) is 3.74. The molecule has 7 heteroatoms. The summed E-state index contributed by atoms with van der Waals surface area (Å²) in [6.07, 6.45) is 1.84. The summed E-state index contributed by atoms with van der Waals surface area (Å²) < 4.78 is 19.7. The molecule has 30 heavy (non-hydrogen) atoms. The van der Waals surface area contributed by atoms with Gasteiger partial charge in [0, 0.05) is 24.1 Å². The molecular formula is C23H27BN2O4. The molecule has 1 N–H and O–H groups in total. The molecule has 0 radical (unpaired) electrons. The number of nitrogens with one attached hydrogen (secondary N) is 1. The maximum Gasteiger partial charge on any atom is 0.494 e. The molecule has 156 valence electrons. The highest BCUT2D eigenvalue weighted by molar-refractivity contribution is 6.62. The van der Waals surface area contributed by atoms with Gasteiger partial charge in [-0.3, -0.25) is 4.79 Å². The zero-order valence-electron chi connectivity index (χ0n) is 18.3. The maximum atomic E-state index is 13.0. The van der Waals surface area contributed by atoms with Crippen LogP contribution in [0.3, 0.4) is 0 Å². The highest BCUT2D eigenvalue weighted by atomic mass is 16.7. The smallest absolute Gasteiger partial charge is 0.494 e. The Labute approximate surface area is 177 Å². The predicted molar refractivity (Wildman–Crippen MR) is 120 cm³/mol. The van der Waals surface area contributed by atoms with E-state index in [1.165, 1.54) is 0 Å². The molecule has 0 unspecified atom stereocenters. The summed E-state index contributed by atoms with van der Waals surface area (Å²) in [4.78, 5) is 13.0. The van der Waals surface area contributed by atoms with E-state index in [9.17, 15) is 4.79 Å². The monoisotopic (exact) mass is 406 g/mol. The summed E-state index contributed by atoms with van der Waals surface area (Å²) in [6, 6.07) is 13.4. The number of carbonyl (C=O) groups excluding carboxylic acids is 1. The number of amides is 1. The Bertz CT molecular complexity index is 1100. The summed E-state index contributed by atoms with van der Waals surface area (Å²) in [7, 11) is 3.02. The van der Waals surface area contributed by atoms with Crippen LogP contribution in [0.4, 0.5) is 5.69 Å². The van der Waals surface area contributed by atoms with E-state index < -0.39 is 18.3 Å². The number of aryl methyl sites for hydroxylation is 1. The first kappa shape index (κ1) is 20.5. The molecule has 1 aliphatic rings. The Morgan fingerprint density at radius 1 is 1.07 bits per heavy atom. The number of rotatable bonds is 4. The molecule has 4 rings (SSSR count). The molecule has 1 aromatic heterocycles. The van der Waals surface area contributed by atoms with Gasteiger partial charge in [0.2, 0.25) is 0 Å². The average Bonchev–Trinajstić information content (AvgIpc) is 3.15. The third kappa shape index (κ3) is 3.38. The lowest BCUT2D eigenvalue weighted by molar-refractivity contribution is 0.00578. The topological polar surface area (TPSA) is 61.7 Å². The number of aromatic nitrogens is 1. The van der Waals surface area contributed by atoms with Gasteiger partial charge in [0.1, 0.15) is 5.75 Å². The first-order valence-electron chi connectivity index (χ1n) is 10.0. The largest absolute Gasteiger partial charge is 0.495 e. The standard InChI is InChI=1S/C23H27BN2O4/c1-22(2)23(3,4)30-24(29-22)15-11-12-18(20(13-15)28-6)25-21(27)17-14-26(5)19-10-8-7-9-16(17)19/h7-14H,1-6H3,(H,25,27). The van der Waals surface area contributed by atoms with Crippen LogP contribution in [0.1, 0.15) is 38.1 Å². The van der Waals surface area contributed by atoms with E-state index in [2.05, 4.69) is 5.32 Å². The van der Waals surface area contributed by atoms with Crippen LogP contribution >= 0.6 is 0 Å². The second kappa shape index (κ2) is 7.18.